The van der Waals surface area contributed by atoms with Crippen molar-refractivity contribution in [3.8, 4) is 0 Å². The molecule has 13 heteroatoms. The number of carbonyl (C=O) groups is 5. The van der Waals surface area contributed by atoms with Crippen LogP contribution in [0.5, 0.6) is 0 Å². The van der Waals surface area contributed by atoms with E-state index in [4.69, 9.17) is 54.6 Å². The number of carboxylic acids is 4. The van der Waals surface area contributed by atoms with E-state index in [1.807, 2.05) is 0 Å². The van der Waals surface area contributed by atoms with Gasteiger partial charge in [-0.1, -0.05) is 0 Å². The van der Waals surface area contributed by atoms with E-state index in [9.17, 15) is 0 Å². The van der Waals surface area contributed by atoms with E-state index in [-0.39, 0.29) is 56.9 Å². The maximum absolute atomic E-state index is 9.00. The van der Waals surface area contributed by atoms with Crippen molar-refractivity contribution >= 4 is 57.3 Å². The zero-order valence-electron chi connectivity index (χ0n) is 12.6. The van der Waals surface area contributed by atoms with Crippen molar-refractivity contribution in [3.05, 3.63) is 0 Å². The quantitative estimate of drug-likeness (QED) is 0.251. The number of carbonyl (C=O) groups excluding carboxylic acids is 2. The van der Waals surface area contributed by atoms with Gasteiger partial charge in [-0.05, 0) is 13.1 Å². The standard InChI is InChI=1S/4C2H4O2.CH2O3.Na.Pb/c4*1-2(3)4;2-1(3)4;;/h4*1H3,(H,3,4);(H2,2,3,4);;/q;;;;;+1;+2/p-3. The molecule has 0 unspecified atom stereocenters. The van der Waals surface area contributed by atoms with Crippen LogP contribution in [0.3, 0.4) is 0 Å². The molecule has 0 aliphatic carbocycles. The first-order valence-corrected chi connectivity index (χ1v) is 4.30. The Morgan fingerprint density at radius 2 is 0.636 bits per heavy atom. The third kappa shape index (κ3) is 7230. The minimum Gasteiger partial charge on any atom is -0.652 e. The smallest absolute Gasteiger partial charge is 0.652 e. The van der Waals surface area contributed by atoms with Gasteiger partial charge in [0.25, 0.3) is 17.9 Å². The molecule has 0 aromatic rings. The van der Waals surface area contributed by atoms with Gasteiger partial charge in [0.05, 0.1) is 0 Å². The van der Waals surface area contributed by atoms with Crippen LogP contribution in [0.25, 0.3) is 0 Å². The van der Waals surface area contributed by atoms with Crippen molar-refractivity contribution in [2.45, 2.75) is 27.7 Å². The predicted octanol–water partition coefficient (Wildman–Crippen LogP) is -6.79. The number of rotatable bonds is 0. The molecule has 0 atom stereocenters. The van der Waals surface area contributed by atoms with E-state index in [0.717, 1.165) is 27.7 Å². The Morgan fingerprint density at radius 1 is 0.636 bits per heavy atom. The first kappa shape index (κ1) is 42.9. The molecule has 0 aromatic heterocycles. The average molecular weight is 529 g/mol. The van der Waals surface area contributed by atoms with Gasteiger partial charge in [0.1, 0.15) is 0 Å². The van der Waals surface area contributed by atoms with Crippen molar-refractivity contribution in [1.82, 2.24) is 0 Å². The van der Waals surface area contributed by atoms with Crippen LogP contribution >= 0.6 is 0 Å². The molecule has 11 nitrogen and oxygen atoms in total. The van der Waals surface area contributed by atoms with E-state index in [1.165, 1.54) is 0 Å². The van der Waals surface area contributed by atoms with Crippen LogP contribution in [0.1, 0.15) is 27.7 Å². The van der Waals surface area contributed by atoms with Crippen molar-refractivity contribution in [1.29, 1.82) is 0 Å². The second-order valence-electron chi connectivity index (χ2n) is 2.30. The van der Waals surface area contributed by atoms with Gasteiger partial charge in [-0.2, -0.15) is 0 Å². The van der Waals surface area contributed by atoms with Gasteiger partial charge in [-0.25, -0.2) is 0 Å². The molecule has 2 radical (unpaired) electrons. The summed E-state index contributed by atoms with van der Waals surface area (Å²) in [5.41, 5.74) is 0. The molecule has 3 N–H and O–H groups in total. The summed E-state index contributed by atoms with van der Waals surface area (Å²) in [5, 5.41) is 47.8. The molecule has 0 aliphatic heterocycles. The molecular weight excluding hydrogens is 514 g/mol. The Hall–Kier alpha value is -0.928. The van der Waals surface area contributed by atoms with Gasteiger partial charge in [0.2, 0.25) is 0 Å². The Labute approximate surface area is 168 Å². The maximum Gasteiger partial charge on any atom is 2.00 e. The van der Waals surface area contributed by atoms with Crippen molar-refractivity contribution in [2.75, 3.05) is 0 Å². The van der Waals surface area contributed by atoms with Gasteiger partial charge in [0.15, 0.2) is 0 Å². The monoisotopic (exact) mass is 530 g/mol. The van der Waals surface area contributed by atoms with Crippen molar-refractivity contribution in [2.24, 2.45) is 0 Å². The van der Waals surface area contributed by atoms with Crippen LogP contribution in [0.15, 0.2) is 0 Å². The fraction of sp³-hybridized carbons (Fsp3) is 0.444. The van der Waals surface area contributed by atoms with E-state index >= 15 is 0 Å². The Bertz CT molecular complexity index is 216. The molecular formula is C9H15NaO11Pb. The Kier molecular flexibility index (Phi) is 71.8. The first-order valence-electron chi connectivity index (χ1n) is 4.30. The van der Waals surface area contributed by atoms with E-state index < -0.39 is 30.0 Å². The van der Waals surface area contributed by atoms with E-state index in [0.29, 0.717) is 0 Å². The Balaban J connectivity index is -0.0000000250. The molecule has 0 heterocycles. The molecule has 0 saturated carbocycles. The maximum atomic E-state index is 9.00. The fourth-order valence-electron chi connectivity index (χ4n) is 0. The van der Waals surface area contributed by atoms with Gasteiger partial charge in [-0.15, -0.1) is 0 Å². The number of hydrogen-bond donors (Lipinski definition) is 3. The molecule has 22 heavy (non-hydrogen) atoms. The van der Waals surface area contributed by atoms with Gasteiger partial charge < -0.3 is 40.2 Å². The predicted molar refractivity (Wildman–Crippen MR) is 61.8 cm³/mol. The summed E-state index contributed by atoms with van der Waals surface area (Å²) in [6.45, 7) is 4.22. The average Bonchev–Trinajstić information content (AvgIpc) is 1.94. The topological polar surface area (TPSA) is 215 Å². The van der Waals surface area contributed by atoms with Gasteiger partial charge >= 0.3 is 56.9 Å². The van der Waals surface area contributed by atoms with E-state index in [1.54, 1.807) is 0 Å². The van der Waals surface area contributed by atoms with Crippen LogP contribution in [0.2, 0.25) is 0 Å². The van der Waals surface area contributed by atoms with Gasteiger partial charge in [0, 0.05) is 26.7 Å². The van der Waals surface area contributed by atoms with Crippen LogP contribution in [0.4, 0.5) is 4.79 Å². The summed E-state index contributed by atoms with van der Waals surface area (Å²) in [7, 11) is 0. The minimum atomic E-state index is -2.33. The summed E-state index contributed by atoms with van der Waals surface area (Å²) in [6.07, 6.45) is -2.33. The Morgan fingerprint density at radius 3 is 0.636 bits per heavy atom. The molecule has 0 aromatic carbocycles. The van der Waals surface area contributed by atoms with Crippen LogP contribution in [-0.2, 0) is 19.2 Å². The molecule has 0 saturated heterocycles. The summed E-state index contributed by atoms with van der Waals surface area (Å²) < 4.78 is 0. The third-order valence-corrected chi connectivity index (χ3v) is 0. The third-order valence-electron chi connectivity index (χ3n) is 0. The molecule has 0 bridgehead atoms. The van der Waals surface area contributed by atoms with Crippen molar-refractivity contribution < 1.29 is 84.2 Å². The SMILES string of the molecule is CC(=O)O.CC(=O)O.CC(=O)O.CC(=O)[O-].O=C([O-])[O-].[Na+].[Pb+2]. The largest absolute Gasteiger partial charge is 2.00 e. The summed E-state index contributed by atoms with van der Waals surface area (Å²) in [4.78, 5) is 44.2. The number of hydrogen-bond acceptors (Lipinski definition) is 8. The summed E-state index contributed by atoms with van der Waals surface area (Å²) in [5.74, 6) is -3.58. The second-order valence-corrected chi connectivity index (χ2v) is 2.30. The molecule has 0 fully saturated rings. The second kappa shape index (κ2) is 36.9. The molecule has 0 amide bonds. The first-order chi connectivity index (χ1) is 8.66. The van der Waals surface area contributed by atoms with Crippen LogP contribution in [-0.4, -0.2) is 72.7 Å². The zero-order valence-corrected chi connectivity index (χ0v) is 18.5. The molecule has 0 rings (SSSR count). The van der Waals surface area contributed by atoms with Crippen LogP contribution < -0.4 is 44.9 Å². The minimum absolute atomic E-state index is 0. The van der Waals surface area contributed by atoms with Crippen molar-refractivity contribution in [3.63, 3.8) is 0 Å². The van der Waals surface area contributed by atoms with Crippen LogP contribution in [0, 0.1) is 0 Å². The zero-order chi connectivity index (χ0) is 17.9. The number of carboxylic acid groups (broad SMARTS) is 6. The summed E-state index contributed by atoms with van der Waals surface area (Å²) >= 11 is 0. The molecule has 0 aliphatic rings. The number of aliphatic carboxylic acids is 4. The molecule has 0 spiro atoms. The summed E-state index contributed by atoms with van der Waals surface area (Å²) in [6, 6.07) is 0. The normalized spacial score (nSPS) is 5.64. The van der Waals surface area contributed by atoms with E-state index in [2.05, 4.69) is 0 Å². The fourth-order valence-corrected chi connectivity index (χ4v) is 0. The van der Waals surface area contributed by atoms with Gasteiger partial charge in [-0.3, -0.25) is 14.4 Å². The molecule has 122 valence electrons.